The summed E-state index contributed by atoms with van der Waals surface area (Å²) in [6.45, 7) is 9.37. The van der Waals surface area contributed by atoms with E-state index in [1.165, 1.54) is 38.8 Å². The lowest BCUT2D eigenvalue weighted by Gasteiger charge is -2.33. The monoisotopic (exact) mass is 272 g/mol. The Morgan fingerprint density at radius 2 is 2.00 bits per heavy atom. The van der Waals surface area contributed by atoms with E-state index in [0.717, 1.165) is 45.4 Å². The summed E-state index contributed by atoms with van der Waals surface area (Å²) in [5.41, 5.74) is 0. The minimum Gasteiger partial charge on any atom is -0.385 e. The molecule has 0 aromatic heterocycles. The zero-order valence-corrected chi connectivity index (χ0v) is 12.8. The summed E-state index contributed by atoms with van der Waals surface area (Å²) in [6.07, 6.45) is 6.41. The summed E-state index contributed by atoms with van der Waals surface area (Å²) in [4.78, 5) is 2.63. The molecule has 0 saturated carbocycles. The largest absolute Gasteiger partial charge is 0.385 e. The van der Waals surface area contributed by atoms with Crippen molar-refractivity contribution in [2.24, 2.45) is 0 Å². The first-order valence-corrected chi connectivity index (χ1v) is 7.86. The van der Waals surface area contributed by atoms with Gasteiger partial charge in [-0.15, -0.1) is 0 Å². The number of methoxy groups -OCH3 is 1. The Balaban J connectivity index is 1.80. The van der Waals surface area contributed by atoms with Crippen LogP contribution >= 0.6 is 0 Å². The smallest absolute Gasteiger partial charge is 0.0590 e. The Morgan fingerprint density at radius 1 is 1.11 bits per heavy atom. The van der Waals surface area contributed by atoms with Crippen LogP contribution in [0.2, 0.25) is 0 Å². The Bertz CT molecular complexity index is 203. The van der Waals surface area contributed by atoms with Gasteiger partial charge >= 0.3 is 0 Å². The quantitative estimate of drug-likeness (QED) is 0.582. The van der Waals surface area contributed by atoms with E-state index < -0.39 is 0 Å². The molecule has 0 aromatic carbocycles. The molecule has 0 spiro atoms. The van der Waals surface area contributed by atoms with Gasteiger partial charge in [0, 0.05) is 32.9 Å². The predicted octanol–water partition coefficient (Wildman–Crippen LogP) is 1.89. The Morgan fingerprint density at radius 3 is 2.79 bits per heavy atom. The molecule has 19 heavy (non-hydrogen) atoms. The third-order valence-electron chi connectivity index (χ3n) is 3.80. The van der Waals surface area contributed by atoms with Gasteiger partial charge in [0.15, 0.2) is 0 Å². The van der Waals surface area contributed by atoms with Gasteiger partial charge in [-0.05, 0) is 52.2 Å². The number of nitrogens with zero attached hydrogens (tertiary/aromatic N) is 1. The molecule has 1 fully saturated rings. The van der Waals surface area contributed by atoms with Crippen molar-refractivity contribution in [2.75, 3.05) is 53.1 Å². The van der Waals surface area contributed by atoms with Gasteiger partial charge in [0.05, 0.1) is 6.61 Å². The molecule has 4 nitrogen and oxygen atoms in total. The molecule has 1 rings (SSSR count). The Hall–Kier alpha value is -0.160. The normalized spacial score (nSPS) is 20.8. The van der Waals surface area contributed by atoms with Crippen LogP contribution in [0.5, 0.6) is 0 Å². The topological polar surface area (TPSA) is 33.7 Å². The average molecular weight is 272 g/mol. The molecule has 1 N–H and O–H groups in total. The summed E-state index contributed by atoms with van der Waals surface area (Å²) in [7, 11) is 1.73. The van der Waals surface area contributed by atoms with Crippen molar-refractivity contribution in [1.82, 2.24) is 10.2 Å². The molecule has 0 aromatic rings. The maximum atomic E-state index is 5.50. The lowest BCUT2D eigenvalue weighted by atomic mass is 10.0. The van der Waals surface area contributed by atoms with Crippen LogP contribution in [0.25, 0.3) is 0 Å². The highest BCUT2D eigenvalue weighted by molar-refractivity contribution is 4.72. The van der Waals surface area contributed by atoms with E-state index >= 15 is 0 Å². The van der Waals surface area contributed by atoms with E-state index in [-0.39, 0.29) is 0 Å². The van der Waals surface area contributed by atoms with Crippen LogP contribution in [0.3, 0.4) is 0 Å². The fourth-order valence-electron chi connectivity index (χ4n) is 2.57. The van der Waals surface area contributed by atoms with E-state index in [1.54, 1.807) is 7.11 Å². The number of ether oxygens (including phenoxy) is 2. The van der Waals surface area contributed by atoms with Crippen LogP contribution in [-0.4, -0.2) is 64.1 Å². The zero-order chi connectivity index (χ0) is 13.8. The molecule has 0 radical (unpaired) electrons. The minimum atomic E-state index is 0.790. The fraction of sp³-hybridized carbons (Fsp3) is 1.00. The van der Waals surface area contributed by atoms with Gasteiger partial charge in [-0.1, -0.05) is 6.42 Å². The number of hydrogen-bond donors (Lipinski definition) is 1. The van der Waals surface area contributed by atoms with Crippen molar-refractivity contribution >= 4 is 0 Å². The molecule has 1 saturated heterocycles. The zero-order valence-electron chi connectivity index (χ0n) is 12.8. The van der Waals surface area contributed by atoms with Crippen LogP contribution in [0.4, 0.5) is 0 Å². The third kappa shape index (κ3) is 8.58. The van der Waals surface area contributed by atoms with Gasteiger partial charge in [-0.25, -0.2) is 0 Å². The molecule has 1 atom stereocenters. The first-order chi connectivity index (χ1) is 9.34. The van der Waals surface area contributed by atoms with Crippen LogP contribution in [0, 0.1) is 0 Å². The van der Waals surface area contributed by atoms with Gasteiger partial charge in [0.25, 0.3) is 0 Å². The standard InChI is InChI=1S/C15H32N2O2/c1-15-7-3-4-10-17(15)11-5-8-16-9-14-19-13-6-12-18-2/h15-16H,3-14H2,1-2H3. The molecule has 1 unspecified atom stereocenters. The highest BCUT2D eigenvalue weighted by atomic mass is 16.5. The summed E-state index contributed by atoms with van der Waals surface area (Å²) >= 11 is 0. The summed E-state index contributed by atoms with van der Waals surface area (Å²) in [5.74, 6) is 0. The van der Waals surface area contributed by atoms with Crippen molar-refractivity contribution in [3.63, 3.8) is 0 Å². The van der Waals surface area contributed by atoms with Gasteiger partial charge in [-0.3, -0.25) is 0 Å². The molecule has 1 heterocycles. The molecule has 1 aliphatic heterocycles. The summed E-state index contributed by atoms with van der Waals surface area (Å²) in [6, 6.07) is 0.790. The van der Waals surface area contributed by atoms with Crippen molar-refractivity contribution < 1.29 is 9.47 Å². The lowest BCUT2D eigenvalue weighted by molar-refractivity contribution is 0.104. The number of rotatable bonds is 11. The molecule has 1 aliphatic rings. The van der Waals surface area contributed by atoms with Gasteiger partial charge in [-0.2, -0.15) is 0 Å². The number of piperidine rings is 1. The lowest BCUT2D eigenvalue weighted by Crippen LogP contribution is -2.39. The van der Waals surface area contributed by atoms with E-state index in [9.17, 15) is 0 Å². The second-order valence-corrected chi connectivity index (χ2v) is 5.44. The maximum absolute atomic E-state index is 5.50. The minimum absolute atomic E-state index is 0.790. The van der Waals surface area contributed by atoms with Crippen molar-refractivity contribution in [1.29, 1.82) is 0 Å². The average Bonchev–Trinajstić information content (AvgIpc) is 2.43. The molecule has 114 valence electrons. The van der Waals surface area contributed by atoms with Crippen LogP contribution in [0.1, 0.15) is 39.0 Å². The van der Waals surface area contributed by atoms with Gasteiger partial charge < -0.3 is 19.7 Å². The van der Waals surface area contributed by atoms with E-state index in [1.807, 2.05) is 0 Å². The fourth-order valence-corrected chi connectivity index (χ4v) is 2.57. The molecule has 0 bridgehead atoms. The molecule has 0 amide bonds. The van der Waals surface area contributed by atoms with E-state index in [0.29, 0.717) is 0 Å². The van der Waals surface area contributed by atoms with Crippen LogP contribution in [-0.2, 0) is 9.47 Å². The second-order valence-electron chi connectivity index (χ2n) is 5.44. The van der Waals surface area contributed by atoms with Gasteiger partial charge in [0.2, 0.25) is 0 Å². The highest BCUT2D eigenvalue weighted by Gasteiger charge is 2.16. The van der Waals surface area contributed by atoms with E-state index in [4.69, 9.17) is 9.47 Å². The molecule has 0 aliphatic carbocycles. The van der Waals surface area contributed by atoms with Crippen LogP contribution < -0.4 is 5.32 Å². The number of likely N-dealkylation sites (tertiary alicyclic amines) is 1. The van der Waals surface area contributed by atoms with Crippen molar-refractivity contribution in [3.8, 4) is 0 Å². The Labute approximate surface area is 118 Å². The SMILES string of the molecule is COCCCOCCNCCCN1CCCCC1C. The summed E-state index contributed by atoms with van der Waals surface area (Å²) in [5, 5.41) is 3.45. The predicted molar refractivity (Wildman–Crippen MR) is 79.7 cm³/mol. The first kappa shape index (κ1) is 16.9. The Kier molecular flexibility index (Phi) is 10.4. The highest BCUT2D eigenvalue weighted by Crippen LogP contribution is 2.15. The first-order valence-electron chi connectivity index (χ1n) is 7.86. The third-order valence-corrected chi connectivity index (χ3v) is 3.80. The van der Waals surface area contributed by atoms with Crippen LogP contribution in [0.15, 0.2) is 0 Å². The maximum Gasteiger partial charge on any atom is 0.0590 e. The number of hydrogen-bond acceptors (Lipinski definition) is 4. The van der Waals surface area contributed by atoms with Crippen molar-refractivity contribution in [2.45, 2.75) is 45.1 Å². The number of nitrogens with one attached hydrogen (secondary N) is 1. The van der Waals surface area contributed by atoms with Crippen molar-refractivity contribution in [3.05, 3.63) is 0 Å². The molecular weight excluding hydrogens is 240 g/mol. The molecular formula is C15H32N2O2. The molecule has 4 heteroatoms. The second kappa shape index (κ2) is 11.6. The van der Waals surface area contributed by atoms with E-state index in [2.05, 4.69) is 17.1 Å². The summed E-state index contributed by atoms with van der Waals surface area (Å²) < 4.78 is 10.5. The van der Waals surface area contributed by atoms with Gasteiger partial charge in [0.1, 0.15) is 0 Å².